The average molecular weight is 404 g/mol. The molecule has 0 radical (unpaired) electrons. The number of hydrogen-bond acceptors (Lipinski definition) is 5. The van der Waals surface area contributed by atoms with Crippen LogP contribution in [0.15, 0.2) is 65.3 Å². The largest absolute Gasteiger partial charge is 0.493 e. The van der Waals surface area contributed by atoms with Crippen LogP contribution in [0.4, 0.5) is 0 Å². The lowest BCUT2D eigenvalue weighted by Crippen LogP contribution is -2.26. The lowest BCUT2D eigenvalue weighted by Gasteiger charge is -2.15. The van der Waals surface area contributed by atoms with E-state index in [1.165, 1.54) is 18.2 Å². The molecule has 1 heterocycles. The van der Waals surface area contributed by atoms with Gasteiger partial charge in [0.15, 0.2) is 17.7 Å². The van der Waals surface area contributed by atoms with Crippen molar-refractivity contribution in [3.63, 3.8) is 0 Å². The highest BCUT2D eigenvalue weighted by molar-refractivity contribution is 6.04. The Kier molecular flexibility index (Phi) is 5.42. The lowest BCUT2D eigenvalue weighted by atomic mass is 10.1. The fourth-order valence-corrected chi connectivity index (χ4v) is 3.44. The number of benzene rings is 2. The van der Waals surface area contributed by atoms with E-state index >= 15 is 0 Å². The van der Waals surface area contributed by atoms with Crippen molar-refractivity contribution in [2.75, 3.05) is 14.2 Å². The van der Waals surface area contributed by atoms with Gasteiger partial charge in [0.05, 0.1) is 19.9 Å². The summed E-state index contributed by atoms with van der Waals surface area (Å²) in [4.78, 5) is 17.4. The van der Waals surface area contributed by atoms with Crippen LogP contribution in [-0.4, -0.2) is 31.9 Å². The summed E-state index contributed by atoms with van der Waals surface area (Å²) in [6.07, 6.45) is 5.05. The third kappa shape index (κ3) is 3.86. The molecule has 0 unspecified atom stereocenters. The Labute approximate surface area is 175 Å². The predicted octanol–water partition coefficient (Wildman–Crippen LogP) is 4.04. The van der Waals surface area contributed by atoms with Crippen molar-refractivity contribution in [2.24, 2.45) is 4.99 Å². The highest BCUT2D eigenvalue weighted by Gasteiger charge is 2.29. The molecule has 0 saturated heterocycles. The third-order valence-corrected chi connectivity index (χ3v) is 5.31. The van der Waals surface area contributed by atoms with Gasteiger partial charge in [0, 0.05) is 16.8 Å². The van der Waals surface area contributed by atoms with Crippen molar-refractivity contribution in [3.8, 4) is 11.5 Å². The van der Waals surface area contributed by atoms with Crippen LogP contribution in [-0.2, 0) is 4.74 Å². The van der Waals surface area contributed by atoms with E-state index in [0.717, 1.165) is 11.3 Å². The van der Waals surface area contributed by atoms with Gasteiger partial charge in [-0.25, -0.2) is 0 Å². The molecule has 4 rings (SSSR count). The number of carbonyl (C=O) groups is 1. The molecule has 0 saturated carbocycles. The zero-order valence-corrected chi connectivity index (χ0v) is 17.4. The van der Waals surface area contributed by atoms with Gasteiger partial charge in [0.2, 0.25) is 0 Å². The summed E-state index contributed by atoms with van der Waals surface area (Å²) in [6, 6.07) is 11.3. The number of hydrogen-bond donors (Lipinski definition) is 1. The number of aliphatic imine (C=N–C) groups is 1. The number of rotatable bonds is 5. The Hall–Kier alpha value is -3.38. The van der Waals surface area contributed by atoms with Crippen molar-refractivity contribution in [2.45, 2.75) is 26.2 Å². The molecule has 30 heavy (non-hydrogen) atoms. The second-order valence-electron chi connectivity index (χ2n) is 7.29. The first-order chi connectivity index (χ1) is 14.5. The molecule has 6 nitrogen and oxygen atoms in total. The van der Waals surface area contributed by atoms with E-state index in [2.05, 4.69) is 31.3 Å². The van der Waals surface area contributed by atoms with Gasteiger partial charge in [-0.05, 0) is 61.4 Å². The minimum absolute atomic E-state index is 0.210. The van der Waals surface area contributed by atoms with Crippen LogP contribution < -0.4 is 14.8 Å². The van der Waals surface area contributed by atoms with Crippen molar-refractivity contribution >= 4 is 11.6 Å². The molecule has 1 aliphatic carbocycles. The van der Waals surface area contributed by atoms with Gasteiger partial charge >= 0.3 is 0 Å². The Balaban J connectivity index is 1.51. The van der Waals surface area contributed by atoms with Gasteiger partial charge in [-0.3, -0.25) is 9.79 Å². The summed E-state index contributed by atoms with van der Waals surface area (Å²) in [5.74, 6) is 0.835. The number of amides is 1. The third-order valence-electron chi connectivity index (χ3n) is 5.31. The number of ether oxygens (including phenoxy) is 3. The molecule has 0 spiro atoms. The van der Waals surface area contributed by atoms with Crippen LogP contribution in [0.5, 0.6) is 11.5 Å². The van der Waals surface area contributed by atoms with Crippen molar-refractivity contribution in [1.82, 2.24) is 5.32 Å². The fraction of sp³-hybridized carbons (Fsp3) is 0.250. The predicted molar refractivity (Wildman–Crippen MR) is 115 cm³/mol. The maximum Gasteiger partial charge on any atom is 0.255 e. The zero-order chi connectivity index (χ0) is 21.3. The van der Waals surface area contributed by atoms with Crippen LogP contribution >= 0.6 is 0 Å². The Morgan fingerprint density at radius 2 is 1.83 bits per heavy atom. The molecule has 0 aromatic heterocycles. The van der Waals surface area contributed by atoms with Crippen molar-refractivity contribution < 1.29 is 19.0 Å². The Morgan fingerprint density at radius 3 is 2.57 bits per heavy atom. The maximum atomic E-state index is 12.7. The average Bonchev–Trinajstić information content (AvgIpc) is 3.18. The summed E-state index contributed by atoms with van der Waals surface area (Å²) in [5, 5.41) is 2.91. The van der Waals surface area contributed by atoms with Crippen LogP contribution in [0.25, 0.3) is 0 Å². The Morgan fingerprint density at radius 1 is 1.03 bits per heavy atom. The van der Waals surface area contributed by atoms with Crippen molar-refractivity contribution in [1.29, 1.82) is 0 Å². The number of allylic oxidation sites excluding steroid dienone is 1. The van der Waals surface area contributed by atoms with E-state index < -0.39 is 0 Å². The van der Waals surface area contributed by atoms with E-state index in [0.29, 0.717) is 22.8 Å². The van der Waals surface area contributed by atoms with Crippen LogP contribution in [0.1, 0.15) is 33.3 Å². The van der Waals surface area contributed by atoms with Gasteiger partial charge in [0.1, 0.15) is 6.10 Å². The number of carbonyl (C=O) groups excluding carboxylic acids is 1. The smallest absolute Gasteiger partial charge is 0.255 e. The maximum absolute atomic E-state index is 12.7. The van der Waals surface area contributed by atoms with Crippen LogP contribution in [0, 0.1) is 13.8 Å². The summed E-state index contributed by atoms with van der Waals surface area (Å²) in [7, 11) is 3.09. The molecule has 154 valence electrons. The molecular formula is C24H24N2O4. The van der Waals surface area contributed by atoms with Crippen LogP contribution in [0.2, 0.25) is 0 Å². The van der Waals surface area contributed by atoms with E-state index in [1.54, 1.807) is 25.3 Å². The highest BCUT2D eigenvalue weighted by Crippen LogP contribution is 2.31. The number of nitrogens with zero attached hydrogens (tertiary/aromatic N) is 1. The first-order valence-corrected chi connectivity index (χ1v) is 9.72. The number of aryl methyl sites for hydroxylation is 2. The van der Waals surface area contributed by atoms with Gasteiger partial charge in [0.25, 0.3) is 5.91 Å². The van der Waals surface area contributed by atoms with E-state index in [-0.39, 0.29) is 18.2 Å². The Bertz CT molecular complexity index is 1080. The summed E-state index contributed by atoms with van der Waals surface area (Å²) < 4.78 is 16.6. The molecular weight excluding hydrogens is 380 g/mol. The standard InChI is InChI=1S/C24H24N2O4/c1-14-5-6-17(11-15(14)2)24-26-19-13-18(8-10-20(19)30-24)25-23(27)16-7-9-21(28-3)22(12-16)29-4/h5-13,20,24H,1-4H3,(H,25,27)/t20-,24-/m0/s1. The SMILES string of the molecule is COc1ccc(C(=O)NC2=CC3=N[C@H](c4ccc(C)c(C)c4)O[C@H]3C=C2)cc1OC. The van der Waals surface area contributed by atoms with E-state index in [4.69, 9.17) is 19.2 Å². The molecule has 2 aromatic carbocycles. The van der Waals surface area contributed by atoms with Gasteiger partial charge < -0.3 is 19.5 Å². The van der Waals surface area contributed by atoms with Gasteiger partial charge in [-0.15, -0.1) is 0 Å². The monoisotopic (exact) mass is 404 g/mol. The molecule has 1 N–H and O–H groups in total. The fourth-order valence-electron chi connectivity index (χ4n) is 3.44. The topological polar surface area (TPSA) is 69.2 Å². The molecule has 2 aromatic rings. The minimum Gasteiger partial charge on any atom is -0.493 e. The molecule has 0 fully saturated rings. The summed E-state index contributed by atoms with van der Waals surface area (Å²) in [5.41, 5.74) is 5.40. The van der Waals surface area contributed by atoms with E-state index in [9.17, 15) is 4.79 Å². The number of methoxy groups -OCH3 is 2. The summed E-state index contributed by atoms with van der Waals surface area (Å²) in [6.45, 7) is 4.16. The number of fused-ring (bicyclic) bond motifs is 1. The normalized spacial score (nSPS) is 19.6. The van der Waals surface area contributed by atoms with Crippen molar-refractivity contribution in [3.05, 3.63) is 82.6 Å². The minimum atomic E-state index is -0.342. The van der Waals surface area contributed by atoms with E-state index in [1.807, 2.05) is 24.3 Å². The molecule has 0 bridgehead atoms. The first kappa shape index (κ1) is 19.9. The zero-order valence-electron chi connectivity index (χ0n) is 17.4. The summed E-state index contributed by atoms with van der Waals surface area (Å²) >= 11 is 0. The van der Waals surface area contributed by atoms with Gasteiger partial charge in [-0.2, -0.15) is 0 Å². The first-order valence-electron chi connectivity index (χ1n) is 9.72. The quantitative estimate of drug-likeness (QED) is 0.817. The molecule has 1 amide bonds. The molecule has 1 aliphatic heterocycles. The van der Waals surface area contributed by atoms with Gasteiger partial charge in [-0.1, -0.05) is 18.2 Å². The second-order valence-corrected chi connectivity index (χ2v) is 7.29. The molecule has 2 atom stereocenters. The highest BCUT2D eigenvalue weighted by atomic mass is 16.5. The molecule has 6 heteroatoms. The second kappa shape index (κ2) is 8.16. The molecule has 2 aliphatic rings. The van der Waals surface area contributed by atoms with Crippen LogP contribution in [0.3, 0.4) is 0 Å². The number of nitrogens with one attached hydrogen (secondary N) is 1. The lowest BCUT2D eigenvalue weighted by molar-refractivity contribution is 0.0732.